The van der Waals surface area contributed by atoms with Gasteiger partial charge in [-0.05, 0) is 178 Å². The van der Waals surface area contributed by atoms with Crippen LogP contribution in [0.4, 0.5) is 0 Å². The second-order valence-corrected chi connectivity index (χ2v) is 10.1. The number of hydrogen-bond donors (Lipinski definition) is 0. The first kappa shape index (κ1) is 29.6. The third kappa shape index (κ3) is 6.34. The highest BCUT2D eigenvalue weighted by Gasteiger charge is 2.08. The van der Waals surface area contributed by atoms with E-state index in [9.17, 15) is 0 Å². The summed E-state index contributed by atoms with van der Waals surface area (Å²) < 4.78 is 0. The Labute approximate surface area is 210 Å². The molecule has 0 saturated heterocycles. The van der Waals surface area contributed by atoms with Crippen LogP contribution < -0.4 is 0 Å². The molecule has 0 aliphatic rings. The summed E-state index contributed by atoms with van der Waals surface area (Å²) in [5, 5.41) is 0. The minimum absolute atomic E-state index is 1.16. The van der Waals surface area contributed by atoms with Crippen LogP contribution in [-0.2, 0) is 0 Å². The largest absolute Gasteiger partial charge is 0.258 e. The molecule has 0 bridgehead atoms. The van der Waals surface area contributed by atoms with Crippen molar-refractivity contribution in [2.75, 3.05) is 0 Å². The average molecular weight is 461 g/mol. The number of pyridine rings is 2. The predicted molar refractivity (Wildman–Crippen MR) is 151 cm³/mol. The Hall–Kier alpha value is -2.48. The molecule has 2 heteroatoms. The van der Waals surface area contributed by atoms with E-state index in [-0.39, 0.29) is 0 Å². The third-order valence-electron chi connectivity index (χ3n) is 8.47. The second kappa shape index (κ2) is 11.8. The molecule has 2 nitrogen and oxygen atoms in total. The molecule has 1 aromatic carbocycles. The second-order valence-electron chi connectivity index (χ2n) is 10.1. The van der Waals surface area contributed by atoms with Gasteiger partial charge in [-0.3, -0.25) is 9.97 Å². The predicted octanol–water partition coefficient (Wildman–Crippen LogP) is 8.78. The third-order valence-corrected chi connectivity index (χ3v) is 8.47. The zero-order valence-electron chi connectivity index (χ0n) is 24.9. The monoisotopic (exact) mass is 460 g/mol. The van der Waals surface area contributed by atoms with Crippen molar-refractivity contribution in [1.82, 2.24) is 9.97 Å². The van der Waals surface area contributed by atoms with Gasteiger partial charge in [-0.2, -0.15) is 0 Å². The molecule has 3 aromatic rings. The Bertz CT molecular complexity index is 978. The minimum Gasteiger partial charge on any atom is -0.258 e. The van der Waals surface area contributed by atoms with Gasteiger partial charge in [-0.15, -0.1) is 0 Å². The zero-order valence-corrected chi connectivity index (χ0v) is 24.9. The van der Waals surface area contributed by atoms with E-state index in [0.717, 1.165) is 22.8 Å². The number of benzene rings is 1. The van der Waals surface area contributed by atoms with Crippen LogP contribution in [-0.4, -0.2) is 9.97 Å². The molecule has 0 amide bonds. The number of nitrogens with zero attached hydrogens (tertiary/aromatic N) is 2. The lowest BCUT2D eigenvalue weighted by Crippen LogP contribution is -1.98. The normalized spacial score (nSPS) is 10.4. The van der Waals surface area contributed by atoms with Crippen LogP contribution >= 0.6 is 0 Å². The quantitative estimate of drug-likeness (QED) is 0.335. The summed E-state index contributed by atoms with van der Waals surface area (Å²) in [6.45, 7) is 34.4. The molecule has 34 heavy (non-hydrogen) atoms. The molecule has 3 rings (SSSR count). The van der Waals surface area contributed by atoms with Crippen LogP contribution in [0.2, 0.25) is 0 Å². The summed E-state index contributed by atoms with van der Waals surface area (Å²) in [4.78, 5) is 8.87. The highest BCUT2D eigenvalue weighted by atomic mass is 14.7. The van der Waals surface area contributed by atoms with E-state index < -0.39 is 0 Å². The molecule has 0 unspecified atom stereocenters. The van der Waals surface area contributed by atoms with Crippen molar-refractivity contribution in [2.45, 2.75) is 111 Å². The molecule has 0 spiro atoms. The molecule has 0 aliphatic heterocycles. The molecule has 0 saturated carbocycles. The fourth-order valence-corrected chi connectivity index (χ4v) is 4.17. The van der Waals surface area contributed by atoms with Crippen molar-refractivity contribution in [3.63, 3.8) is 0 Å². The molecule has 2 aromatic heterocycles. The van der Waals surface area contributed by atoms with Crippen LogP contribution in [0.1, 0.15) is 89.5 Å². The first-order valence-corrected chi connectivity index (χ1v) is 12.4. The summed E-state index contributed by atoms with van der Waals surface area (Å²) in [6.07, 6.45) is 0. The lowest BCUT2D eigenvalue weighted by Gasteiger charge is -2.15. The van der Waals surface area contributed by atoms with E-state index in [0.29, 0.717) is 0 Å². The smallest absolute Gasteiger partial charge is 0.0407 e. The van der Waals surface area contributed by atoms with Crippen molar-refractivity contribution < 1.29 is 0 Å². The maximum absolute atomic E-state index is 4.43. The van der Waals surface area contributed by atoms with E-state index >= 15 is 0 Å². The van der Waals surface area contributed by atoms with Crippen molar-refractivity contribution in [3.8, 4) is 0 Å². The summed E-state index contributed by atoms with van der Waals surface area (Å²) >= 11 is 0. The Kier molecular flexibility index (Phi) is 10.2. The van der Waals surface area contributed by atoms with E-state index in [1.807, 2.05) is 0 Å². The molecule has 0 aliphatic carbocycles. The lowest BCUT2D eigenvalue weighted by atomic mass is 9.90. The molecular formula is C32H48N2. The number of aromatic nitrogens is 2. The molecule has 0 N–H and O–H groups in total. The van der Waals surface area contributed by atoms with Crippen LogP contribution in [0.25, 0.3) is 0 Å². The maximum Gasteiger partial charge on any atom is 0.0407 e. The fraction of sp³-hybridized carbons (Fsp3) is 0.500. The Morgan fingerprint density at radius 3 is 0.471 bits per heavy atom. The highest BCUT2D eigenvalue weighted by molar-refractivity contribution is 5.48. The topological polar surface area (TPSA) is 25.8 Å². The molecule has 2 heterocycles. The Morgan fingerprint density at radius 1 is 0.206 bits per heavy atom. The van der Waals surface area contributed by atoms with Gasteiger partial charge in [-0.25, -0.2) is 0 Å². The van der Waals surface area contributed by atoms with Gasteiger partial charge in [0.2, 0.25) is 0 Å². The van der Waals surface area contributed by atoms with Gasteiger partial charge in [0.1, 0.15) is 0 Å². The molecule has 0 atom stereocenters. The Morgan fingerprint density at radius 2 is 0.324 bits per heavy atom. The lowest BCUT2D eigenvalue weighted by molar-refractivity contribution is 1.03. The van der Waals surface area contributed by atoms with Gasteiger partial charge in [-0.1, -0.05) is 0 Å². The average Bonchev–Trinajstić information content (AvgIpc) is 2.80. The van der Waals surface area contributed by atoms with Crippen LogP contribution in [0, 0.1) is 111 Å². The summed E-state index contributed by atoms with van der Waals surface area (Å²) in [6, 6.07) is 0. The van der Waals surface area contributed by atoms with Crippen molar-refractivity contribution in [1.29, 1.82) is 0 Å². The van der Waals surface area contributed by atoms with Crippen molar-refractivity contribution in [2.24, 2.45) is 0 Å². The summed E-state index contributed by atoms with van der Waals surface area (Å²) in [5.74, 6) is 0. The first-order valence-electron chi connectivity index (χ1n) is 12.4. The Balaban J connectivity index is 0.000000255. The van der Waals surface area contributed by atoms with E-state index in [4.69, 9.17) is 0 Å². The van der Waals surface area contributed by atoms with Gasteiger partial charge in [0.05, 0.1) is 0 Å². The van der Waals surface area contributed by atoms with Gasteiger partial charge in [0.15, 0.2) is 0 Å². The minimum atomic E-state index is 1.16. The van der Waals surface area contributed by atoms with Gasteiger partial charge in [0, 0.05) is 22.8 Å². The number of hydrogen-bond acceptors (Lipinski definition) is 2. The van der Waals surface area contributed by atoms with Crippen LogP contribution in [0.5, 0.6) is 0 Å². The standard InChI is InChI=1S/C12H18.2C10H15N/c1-7-8(2)10(4)12(6)11(5)9(7)3;2*1-6-7(2)9(4)11-10(5)8(6)3/h1-6H3;2*1-5H3. The van der Waals surface area contributed by atoms with Crippen molar-refractivity contribution >= 4 is 0 Å². The highest BCUT2D eigenvalue weighted by Crippen LogP contribution is 2.24. The molecule has 0 radical (unpaired) electrons. The fourth-order valence-electron chi connectivity index (χ4n) is 4.17. The molecular weight excluding hydrogens is 412 g/mol. The molecule has 0 fully saturated rings. The van der Waals surface area contributed by atoms with Crippen molar-refractivity contribution in [3.05, 3.63) is 89.5 Å². The SMILES string of the molecule is Cc1c(C)c(C)c(C)c(C)c1C.Cc1nc(C)c(C)c(C)c1C.Cc1nc(C)c(C)c(C)c1C. The van der Waals surface area contributed by atoms with E-state index in [1.54, 1.807) is 0 Å². The van der Waals surface area contributed by atoms with Gasteiger partial charge < -0.3 is 0 Å². The van der Waals surface area contributed by atoms with E-state index in [1.165, 1.54) is 66.8 Å². The summed E-state index contributed by atoms with van der Waals surface area (Å²) in [5.41, 5.74) is 21.4. The first-order chi connectivity index (χ1) is 15.5. The molecule has 186 valence electrons. The zero-order chi connectivity index (χ0) is 26.7. The number of aryl methyl sites for hydroxylation is 4. The van der Waals surface area contributed by atoms with Crippen LogP contribution in [0.15, 0.2) is 0 Å². The van der Waals surface area contributed by atoms with E-state index in [2.05, 4.69) is 121 Å². The van der Waals surface area contributed by atoms with Gasteiger partial charge >= 0.3 is 0 Å². The maximum atomic E-state index is 4.43. The summed E-state index contributed by atoms with van der Waals surface area (Å²) in [7, 11) is 0. The van der Waals surface area contributed by atoms with Gasteiger partial charge in [0.25, 0.3) is 0 Å². The van der Waals surface area contributed by atoms with Crippen LogP contribution in [0.3, 0.4) is 0 Å². The number of rotatable bonds is 0.